The van der Waals surface area contributed by atoms with Crippen molar-refractivity contribution in [3.8, 4) is 11.4 Å². The Balaban J connectivity index is 1.65. The van der Waals surface area contributed by atoms with E-state index >= 15 is 0 Å². The van der Waals surface area contributed by atoms with Crippen molar-refractivity contribution in [3.05, 3.63) is 64.1 Å². The maximum atomic E-state index is 12.2. The zero-order chi connectivity index (χ0) is 18.5. The lowest BCUT2D eigenvalue weighted by Crippen LogP contribution is -2.27. The number of rotatable bonds is 7. The number of benzene rings is 1. The second-order valence-corrected chi connectivity index (χ2v) is 7.20. The lowest BCUT2D eigenvalue weighted by molar-refractivity contribution is -0.121. The Morgan fingerprint density at radius 3 is 2.73 bits per heavy atom. The zero-order valence-corrected chi connectivity index (χ0v) is 16.0. The molecule has 0 aliphatic rings. The zero-order valence-electron chi connectivity index (χ0n) is 15.2. The second kappa shape index (κ2) is 8.19. The van der Waals surface area contributed by atoms with E-state index in [9.17, 15) is 4.79 Å². The molecule has 1 N–H and O–H groups in total. The second-order valence-electron chi connectivity index (χ2n) is 6.16. The van der Waals surface area contributed by atoms with Gasteiger partial charge in [0.25, 0.3) is 0 Å². The van der Waals surface area contributed by atoms with Gasteiger partial charge in [0.15, 0.2) is 0 Å². The fourth-order valence-electron chi connectivity index (χ4n) is 2.91. The predicted octanol–water partition coefficient (Wildman–Crippen LogP) is 4.06. The van der Waals surface area contributed by atoms with E-state index in [-0.39, 0.29) is 11.9 Å². The number of nitrogens with zero attached hydrogens (tertiary/aromatic N) is 2. The van der Waals surface area contributed by atoms with Gasteiger partial charge in [-0.15, -0.1) is 11.3 Å². The summed E-state index contributed by atoms with van der Waals surface area (Å²) in [6, 6.07) is 11.7. The molecular formula is C20H23N3O2S. The van der Waals surface area contributed by atoms with Crippen LogP contribution in [0.15, 0.2) is 48.0 Å². The van der Waals surface area contributed by atoms with Crippen molar-refractivity contribution in [2.45, 2.75) is 32.7 Å². The minimum atomic E-state index is -0.0853. The number of methoxy groups -OCH3 is 1. The number of carbonyl (C=O) groups is 1. The molecule has 0 unspecified atom stereocenters. The number of aromatic nitrogens is 2. The van der Waals surface area contributed by atoms with E-state index in [4.69, 9.17) is 4.74 Å². The summed E-state index contributed by atoms with van der Waals surface area (Å²) in [4.78, 5) is 13.5. The predicted molar refractivity (Wildman–Crippen MR) is 104 cm³/mol. The van der Waals surface area contributed by atoms with E-state index in [2.05, 4.69) is 16.5 Å². The van der Waals surface area contributed by atoms with Gasteiger partial charge in [0.05, 0.1) is 25.0 Å². The first kappa shape index (κ1) is 18.2. The molecule has 0 radical (unpaired) electrons. The van der Waals surface area contributed by atoms with Crippen LogP contribution in [0.5, 0.6) is 5.75 Å². The summed E-state index contributed by atoms with van der Waals surface area (Å²) >= 11 is 1.68. The van der Waals surface area contributed by atoms with Crippen molar-refractivity contribution in [1.82, 2.24) is 15.1 Å². The van der Waals surface area contributed by atoms with Gasteiger partial charge in [0, 0.05) is 22.6 Å². The summed E-state index contributed by atoms with van der Waals surface area (Å²) in [6.07, 6.45) is 3.10. The SMILES string of the molecule is COc1ccc(-n2ncc([C@@H](C)NC(=O)CCc3cccs3)c2C)cc1. The first-order chi connectivity index (χ1) is 12.6. The lowest BCUT2D eigenvalue weighted by Gasteiger charge is -2.14. The van der Waals surface area contributed by atoms with Crippen molar-refractivity contribution in [3.63, 3.8) is 0 Å². The third kappa shape index (κ3) is 4.14. The Morgan fingerprint density at radius 1 is 1.31 bits per heavy atom. The quantitative estimate of drug-likeness (QED) is 0.683. The van der Waals surface area contributed by atoms with Gasteiger partial charge in [-0.3, -0.25) is 4.79 Å². The third-order valence-corrected chi connectivity index (χ3v) is 5.32. The molecule has 1 atom stereocenters. The molecule has 1 aromatic carbocycles. The molecule has 0 bridgehead atoms. The maximum absolute atomic E-state index is 12.2. The first-order valence-corrected chi connectivity index (χ1v) is 9.47. The van der Waals surface area contributed by atoms with Gasteiger partial charge < -0.3 is 10.1 Å². The van der Waals surface area contributed by atoms with Gasteiger partial charge in [0.2, 0.25) is 5.91 Å². The molecule has 1 amide bonds. The maximum Gasteiger partial charge on any atom is 0.220 e. The monoisotopic (exact) mass is 369 g/mol. The Kier molecular flexibility index (Phi) is 5.73. The summed E-state index contributed by atoms with van der Waals surface area (Å²) in [6.45, 7) is 4.01. The van der Waals surface area contributed by atoms with Crippen molar-refractivity contribution < 1.29 is 9.53 Å². The van der Waals surface area contributed by atoms with E-state index in [0.717, 1.165) is 29.1 Å². The highest BCUT2D eigenvalue weighted by Gasteiger charge is 2.16. The number of aryl methyl sites for hydroxylation is 1. The van der Waals surface area contributed by atoms with Crippen LogP contribution in [-0.2, 0) is 11.2 Å². The molecule has 136 valence electrons. The lowest BCUT2D eigenvalue weighted by atomic mass is 10.1. The standard InChI is InChI=1S/C20H23N3O2S/c1-14(22-20(24)11-10-18-5-4-12-26-18)19-13-21-23(15(19)2)16-6-8-17(25-3)9-7-16/h4-9,12-14H,10-11H2,1-3H3,(H,22,24)/t14-/m1/s1. The van der Waals surface area contributed by atoms with Crippen LogP contribution in [0.25, 0.3) is 5.69 Å². The summed E-state index contributed by atoms with van der Waals surface area (Å²) in [5.41, 5.74) is 3.00. The topological polar surface area (TPSA) is 56.1 Å². The Labute approximate surface area is 157 Å². The highest BCUT2D eigenvalue weighted by molar-refractivity contribution is 7.09. The number of hydrogen-bond donors (Lipinski definition) is 1. The van der Waals surface area contributed by atoms with Crippen LogP contribution < -0.4 is 10.1 Å². The van der Waals surface area contributed by atoms with Gasteiger partial charge >= 0.3 is 0 Å². The number of amides is 1. The number of hydrogen-bond acceptors (Lipinski definition) is 4. The molecule has 2 aromatic heterocycles. The summed E-state index contributed by atoms with van der Waals surface area (Å²) in [5.74, 6) is 0.868. The molecule has 3 rings (SSSR count). The molecule has 0 spiro atoms. The number of carbonyl (C=O) groups excluding carboxylic acids is 1. The minimum absolute atomic E-state index is 0.0579. The van der Waals surface area contributed by atoms with E-state index < -0.39 is 0 Å². The van der Waals surface area contributed by atoms with Crippen LogP contribution in [0, 0.1) is 6.92 Å². The average Bonchev–Trinajstić information content (AvgIpc) is 3.29. The fourth-order valence-corrected chi connectivity index (χ4v) is 3.62. The van der Waals surface area contributed by atoms with Gasteiger partial charge in [-0.25, -0.2) is 4.68 Å². The van der Waals surface area contributed by atoms with Crippen molar-refractivity contribution in [1.29, 1.82) is 0 Å². The number of thiophene rings is 1. The van der Waals surface area contributed by atoms with Crippen LogP contribution in [0.4, 0.5) is 0 Å². The van der Waals surface area contributed by atoms with Gasteiger partial charge in [-0.1, -0.05) is 6.07 Å². The Morgan fingerprint density at radius 2 is 2.08 bits per heavy atom. The molecule has 3 aromatic rings. The van der Waals surface area contributed by atoms with E-state index in [1.165, 1.54) is 4.88 Å². The van der Waals surface area contributed by atoms with Crippen LogP contribution >= 0.6 is 11.3 Å². The molecule has 0 aliphatic carbocycles. The highest BCUT2D eigenvalue weighted by atomic mass is 32.1. The van der Waals surface area contributed by atoms with E-state index in [1.54, 1.807) is 18.4 Å². The van der Waals surface area contributed by atoms with Gasteiger partial charge in [-0.05, 0) is 56.0 Å². The summed E-state index contributed by atoms with van der Waals surface area (Å²) in [7, 11) is 1.65. The molecule has 0 saturated heterocycles. The normalized spacial score (nSPS) is 12.0. The number of nitrogens with one attached hydrogen (secondary N) is 1. The molecule has 0 fully saturated rings. The molecule has 0 aliphatic heterocycles. The van der Waals surface area contributed by atoms with Crippen LogP contribution in [0.2, 0.25) is 0 Å². The molecular weight excluding hydrogens is 346 g/mol. The molecule has 6 heteroatoms. The highest BCUT2D eigenvalue weighted by Crippen LogP contribution is 2.22. The largest absolute Gasteiger partial charge is 0.497 e. The third-order valence-electron chi connectivity index (χ3n) is 4.39. The average molecular weight is 369 g/mol. The van der Waals surface area contributed by atoms with Crippen molar-refractivity contribution >= 4 is 17.2 Å². The van der Waals surface area contributed by atoms with E-state index in [1.807, 2.05) is 60.4 Å². The van der Waals surface area contributed by atoms with Crippen molar-refractivity contribution in [2.75, 3.05) is 7.11 Å². The van der Waals surface area contributed by atoms with Gasteiger partial charge in [0.1, 0.15) is 5.75 Å². The summed E-state index contributed by atoms with van der Waals surface area (Å²) in [5, 5.41) is 9.59. The minimum Gasteiger partial charge on any atom is -0.497 e. The molecule has 2 heterocycles. The Hall–Kier alpha value is -2.60. The molecule has 26 heavy (non-hydrogen) atoms. The molecule has 0 saturated carbocycles. The van der Waals surface area contributed by atoms with Crippen LogP contribution in [0.3, 0.4) is 0 Å². The molecule has 5 nitrogen and oxygen atoms in total. The summed E-state index contributed by atoms with van der Waals surface area (Å²) < 4.78 is 7.07. The Bertz CT molecular complexity index is 854. The van der Waals surface area contributed by atoms with Crippen LogP contribution in [-0.4, -0.2) is 22.8 Å². The van der Waals surface area contributed by atoms with Crippen molar-refractivity contribution in [2.24, 2.45) is 0 Å². The first-order valence-electron chi connectivity index (χ1n) is 8.59. The smallest absolute Gasteiger partial charge is 0.220 e. The van der Waals surface area contributed by atoms with Gasteiger partial charge in [-0.2, -0.15) is 5.10 Å². The number of ether oxygens (including phenoxy) is 1. The van der Waals surface area contributed by atoms with E-state index in [0.29, 0.717) is 6.42 Å². The van der Waals surface area contributed by atoms with Crippen LogP contribution in [0.1, 0.15) is 35.5 Å². The fraction of sp³-hybridized carbons (Fsp3) is 0.300.